The highest BCUT2D eigenvalue weighted by Crippen LogP contribution is 2.45. The zero-order valence-electron chi connectivity index (χ0n) is 30.4. The Labute approximate surface area is 327 Å². The molecular weight excluding hydrogens is 723 g/mol. The Morgan fingerprint density at radius 1 is 0.944 bits per heavy atom. The largest absolute Gasteiger partial charge is 0.492 e. The Kier molecular flexibility index (Phi) is 12.7. The van der Waals surface area contributed by atoms with Crippen LogP contribution in [0.2, 0.25) is 10.0 Å². The molecule has 1 saturated heterocycles. The normalized spacial score (nSPS) is 18.7. The van der Waals surface area contributed by atoms with Gasteiger partial charge in [-0.05, 0) is 85.9 Å². The number of aliphatic hydroxyl groups excluding tert-OH is 1. The fraction of sp³-hybridized carbons (Fsp3) is 0.419. The highest BCUT2D eigenvalue weighted by atomic mass is 35.5. The minimum atomic E-state index is -0.222. The van der Waals surface area contributed by atoms with Gasteiger partial charge in [-0.15, -0.1) is 0 Å². The van der Waals surface area contributed by atoms with Crippen molar-refractivity contribution in [2.75, 3.05) is 32.8 Å². The first kappa shape index (κ1) is 38.1. The Balaban J connectivity index is 1.05. The van der Waals surface area contributed by atoms with Gasteiger partial charge in [0.2, 0.25) is 0 Å². The smallest absolute Gasteiger partial charge is 0.142 e. The molecular formula is C43H46Cl2N4O5. The highest BCUT2D eigenvalue weighted by molar-refractivity contribution is 6.35. The Morgan fingerprint density at radius 3 is 2.59 bits per heavy atom. The van der Waals surface area contributed by atoms with E-state index in [2.05, 4.69) is 33.4 Å². The number of ketones is 1. The third-order valence-corrected chi connectivity index (χ3v) is 11.4. The van der Waals surface area contributed by atoms with Crippen molar-refractivity contribution in [2.45, 2.75) is 76.7 Å². The molecule has 0 unspecified atom stereocenters. The van der Waals surface area contributed by atoms with Gasteiger partial charge in [-0.25, -0.2) is 0 Å². The lowest BCUT2D eigenvalue weighted by atomic mass is 9.96. The van der Waals surface area contributed by atoms with Crippen LogP contribution in [-0.2, 0) is 24.4 Å². The maximum Gasteiger partial charge on any atom is 0.142 e. The van der Waals surface area contributed by atoms with E-state index in [1.165, 1.54) is 11.8 Å². The molecule has 54 heavy (non-hydrogen) atoms. The predicted octanol–water partition coefficient (Wildman–Crippen LogP) is 8.26. The first-order valence-electron chi connectivity index (χ1n) is 19.0. The number of fused-ring (bicyclic) bond motifs is 1. The topological polar surface area (TPSA) is 117 Å². The van der Waals surface area contributed by atoms with Crippen molar-refractivity contribution in [3.63, 3.8) is 0 Å². The number of halogens is 2. The van der Waals surface area contributed by atoms with E-state index in [4.69, 9.17) is 37.4 Å². The molecule has 0 radical (unpaired) electrons. The van der Waals surface area contributed by atoms with Crippen molar-refractivity contribution in [1.29, 1.82) is 5.26 Å². The third-order valence-electron chi connectivity index (χ3n) is 10.7. The molecule has 2 aliphatic carbocycles. The number of carbonyl (C=O) groups is 1. The average Bonchev–Trinajstić information content (AvgIpc) is 3.80. The van der Waals surface area contributed by atoms with Crippen molar-refractivity contribution in [2.24, 2.45) is 5.92 Å². The molecule has 2 fully saturated rings. The molecule has 1 aliphatic heterocycles. The van der Waals surface area contributed by atoms with Gasteiger partial charge in [0.1, 0.15) is 41.8 Å². The summed E-state index contributed by atoms with van der Waals surface area (Å²) in [5.74, 6) is 2.48. The zero-order chi connectivity index (χ0) is 37.4. The van der Waals surface area contributed by atoms with E-state index >= 15 is 0 Å². The Hall–Kier alpha value is -4.17. The number of likely N-dealkylation sites (tertiary alicyclic amines) is 1. The molecule has 2 N–H and O–H groups in total. The van der Waals surface area contributed by atoms with Crippen molar-refractivity contribution < 1.29 is 24.1 Å². The number of aromatic nitrogens is 1. The summed E-state index contributed by atoms with van der Waals surface area (Å²) >= 11 is 13.9. The van der Waals surface area contributed by atoms with Gasteiger partial charge in [0.05, 0.1) is 28.3 Å². The van der Waals surface area contributed by atoms with Gasteiger partial charge >= 0.3 is 0 Å². The van der Waals surface area contributed by atoms with Crippen molar-refractivity contribution in [3.8, 4) is 34.4 Å². The second-order valence-electron chi connectivity index (χ2n) is 14.6. The minimum Gasteiger partial charge on any atom is -0.492 e. The molecule has 11 heteroatoms. The minimum absolute atomic E-state index is 0.170. The fourth-order valence-electron chi connectivity index (χ4n) is 7.79. The van der Waals surface area contributed by atoms with Crippen LogP contribution in [0.5, 0.6) is 17.2 Å². The molecule has 4 aromatic rings. The SMILES string of the molecule is N#Cc1cncc(COc2cc(O[C@H]3CCc4c(-c5cccc(OCCCN6CCC(O)CC6)c5Cl)cccc43)c(Cl)cc2CNC[C@H]2CCC(=O)C2)c1. The van der Waals surface area contributed by atoms with Crippen LogP contribution in [-0.4, -0.2) is 59.7 Å². The summed E-state index contributed by atoms with van der Waals surface area (Å²) < 4.78 is 19.2. The summed E-state index contributed by atoms with van der Waals surface area (Å²) in [6.45, 7) is 4.82. The van der Waals surface area contributed by atoms with Gasteiger partial charge < -0.3 is 29.5 Å². The monoisotopic (exact) mass is 768 g/mol. The number of ether oxygens (including phenoxy) is 3. The predicted molar refractivity (Wildman–Crippen MR) is 209 cm³/mol. The summed E-state index contributed by atoms with van der Waals surface area (Å²) in [4.78, 5) is 18.4. The first-order chi connectivity index (χ1) is 26.3. The van der Waals surface area contributed by atoms with Crippen LogP contribution in [0.1, 0.15) is 78.9 Å². The lowest BCUT2D eigenvalue weighted by Gasteiger charge is -2.29. The maximum atomic E-state index is 11.8. The molecule has 1 aromatic heterocycles. The quantitative estimate of drug-likeness (QED) is 0.115. The molecule has 0 bridgehead atoms. The molecule has 0 spiro atoms. The van der Waals surface area contributed by atoms with Gasteiger partial charge in [-0.3, -0.25) is 9.78 Å². The standard InChI is InChI=1S/C43H46Cl2N4O5/c44-38-20-31(26-48-23-28-8-9-33(51)19-28)41(53-27-30-18-29(22-46)24-47-25-30)21-42(38)54-39-11-10-35-34(4-1-5-36(35)39)37-6-2-7-40(43(37)45)52-17-3-14-49-15-12-32(50)13-16-49/h1-2,4-7,18,20-21,24-25,28,32,39,48,50H,3,8-17,19,23,26-27H2/t28-,39-/m0/s1. The molecule has 9 nitrogen and oxygen atoms in total. The number of pyridine rings is 1. The number of nitrogens with zero attached hydrogens (tertiary/aromatic N) is 3. The molecule has 0 amide bonds. The van der Waals surface area contributed by atoms with Crippen LogP contribution in [0, 0.1) is 17.2 Å². The van der Waals surface area contributed by atoms with Crippen molar-refractivity contribution in [3.05, 3.63) is 105 Å². The van der Waals surface area contributed by atoms with E-state index in [0.717, 1.165) is 92.5 Å². The second-order valence-corrected chi connectivity index (χ2v) is 15.3. The van der Waals surface area contributed by atoms with Crippen LogP contribution in [0.25, 0.3) is 11.1 Å². The zero-order valence-corrected chi connectivity index (χ0v) is 31.9. The number of nitriles is 1. The average molecular weight is 770 g/mol. The Bertz CT molecular complexity index is 1990. The van der Waals surface area contributed by atoms with E-state index in [1.807, 2.05) is 36.4 Å². The van der Waals surface area contributed by atoms with Gasteiger partial charge in [-0.1, -0.05) is 53.5 Å². The first-order valence-corrected chi connectivity index (χ1v) is 19.7. The number of rotatable bonds is 15. The molecule has 1 saturated carbocycles. The summed E-state index contributed by atoms with van der Waals surface area (Å²) in [5, 5.41) is 23.7. The van der Waals surface area contributed by atoms with E-state index < -0.39 is 0 Å². The number of piperidine rings is 1. The van der Waals surface area contributed by atoms with Crippen LogP contribution >= 0.6 is 23.2 Å². The van der Waals surface area contributed by atoms with Crippen molar-refractivity contribution >= 4 is 29.0 Å². The molecule has 3 aromatic carbocycles. The molecule has 7 rings (SSSR count). The summed E-state index contributed by atoms with van der Waals surface area (Å²) in [5.41, 5.74) is 6.40. The van der Waals surface area contributed by atoms with Crippen LogP contribution in [0.15, 0.2) is 67.0 Å². The lowest BCUT2D eigenvalue weighted by molar-refractivity contribution is -0.117. The summed E-state index contributed by atoms with van der Waals surface area (Å²) in [7, 11) is 0. The van der Waals surface area contributed by atoms with Gasteiger partial charge in [0.15, 0.2) is 0 Å². The van der Waals surface area contributed by atoms with E-state index in [0.29, 0.717) is 70.6 Å². The lowest BCUT2D eigenvalue weighted by Crippen LogP contribution is -2.36. The van der Waals surface area contributed by atoms with Gasteiger partial charge in [0.25, 0.3) is 0 Å². The van der Waals surface area contributed by atoms with Gasteiger partial charge in [0, 0.05) is 74.2 Å². The Morgan fingerprint density at radius 2 is 1.78 bits per heavy atom. The maximum absolute atomic E-state index is 11.8. The molecule has 2 heterocycles. The number of nitrogens with one attached hydrogen (secondary N) is 1. The van der Waals surface area contributed by atoms with Gasteiger partial charge in [-0.2, -0.15) is 5.26 Å². The number of hydrogen-bond acceptors (Lipinski definition) is 9. The van der Waals surface area contributed by atoms with E-state index in [9.17, 15) is 15.2 Å². The number of carbonyl (C=O) groups excluding carboxylic acids is 1. The molecule has 2 atom stereocenters. The summed E-state index contributed by atoms with van der Waals surface area (Å²) in [6.07, 6.45) is 9.15. The highest BCUT2D eigenvalue weighted by Gasteiger charge is 2.29. The van der Waals surface area contributed by atoms with Crippen LogP contribution in [0.4, 0.5) is 0 Å². The fourth-order valence-corrected chi connectivity index (χ4v) is 8.30. The van der Waals surface area contributed by atoms with Crippen molar-refractivity contribution in [1.82, 2.24) is 15.2 Å². The van der Waals surface area contributed by atoms with E-state index in [-0.39, 0.29) is 18.8 Å². The number of aliphatic hydroxyl groups is 1. The molecule has 282 valence electrons. The number of benzene rings is 3. The summed E-state index contributed by atoms with van der Waals surface area (Å²) in [6, 6.07) is 19.8. The second kappa shape index (κ2) is 18.0. The number of Topliss-reactive ketones (excluding diaryl/α,β-unsaturated/α-hetero) is 1. The van der Waals surface area contributed by atoms with E-state index in [1.54, 1.807) is 12.3 Å². The number of hydrogen-bond donors (Lipinski definition) is 2. The van der Waals surface area contributed by atoms with Crippen LogP contribution in [0.3, 0.4) is 0 Å². The molecule has 3 aliphatic rings. The van der Waals surface area contributed by atoms with Crippen LogP contribution < -0.4 is 19.5 Å². The third kappa shape index (κ3) is 9.37.